The maximum Gasteiger partial charge on any atom is 0.332 e. The molecule has 2 rings (SSSR count). The number of allylic oxidation sites excluding steroid dienone is 1. The summed E-state index contributed by atoms with van der Waals surface area (Å²) in [4.78, 5) is 11.1. The molecule has 114 valence electrons. The molecule has 0 fully saturated rings. The second kappa shape index (κ2) is 5.80. The summed E-state index contributed by atoms with van der Waals surface area (Å²) >= 11 is 0. The average molecular weight is 317 g/mol. The van der Waals surface area contributed by atoms with Crippen molar-refractivity contribution >= 4 is 21.7 Å². The summed E-state index contributed by atoms with van der Waals surface area (Å²) in [6.45, 7) is 0. The fourth-order valence-corrected chi connectivity index (χ4v) is 3.81. The van der Waals surface area contributed by atoms with Crippen molar-refractivity contribution in [3.63, 3.8) is 0 Å². The van der Waals surface area contributed by atoms with E-state index in [4.69, 9.17) is 5.11 Å². The smallest absolute Gasteiger partial charge is 0.332 e. The number of halogens is 2. The first-order valence-electron chi connectivity index (χ1n) is 6.21. The Morgan fingerprint density at radius 2 is 2.05 bits per heavy atom. The highest BCUT2D eigenvalue weighted by Gasteiger charge is 2.34. The molecule has 1 unspecified atom stereocenters. The Balaban J connectivity index is 2.33. The molecule has 0 spiro atoms. The molecular formula is C13H13F2NO4S. The SMILES string of the molecule is O=C(O)C1=CCCCC1S(=O)(=O)Nc1cc(F)ccc1F. The summed E-state index contributed by atoms with van der Waals surface area (Å²) in [5.74, 6) is -3.06. The predicted molar refractivity (Wildman–Crippen MR) is 72.3 cm³/mol. The Morgan fingerprint density at radius 1 is 1.33 bits per heavy atom. The molecule has 5 nitrogen and oxygen atoms in total. The first-order chi connectivity index (χ1) is 9.81. The van der Waals surface area contributed by atoms with E-state index in [0.717, 1.165) is 12.1 Å². The molecule has 0 heterocycles. The van der Waals surface area contributed by atoms with Crippen molar-refractivity contribution in [2.24, 2.45) is 0 Å². The van der Waals surface area contributed by atoms with Crippen molar-refractivity contribution in [3.8, 4) is 0 Å². The second-order valence-electron chi connectivity index (χ2n) is 4.66. The summed E-state index contributed by atoms with van der Waals surface area (Å²) in [6.07, 6.45) is 2.44. The fraction of sp³-hybridized carbons (Fsp3) is 0.308. The summed E-state index contributed by atoms with van der Waals surface area (Å²) in [5, 5.41) is 7.76. The number of carboxylic acids is 1. The number of carbonyl (C=O) groups is 1. The van der Waals surface area contributed by atoms with Crippen LogP contribution in [-0.2, 0) is 14.8 Å². The van der Waals surface area contributed by atoms with Gasteiger partial charge in [-0.1, -0.05) is 6.08 Å². The lowest BCUT2D eigenvalue weighted by molar-refractivity contribution is -0.132. The zero-order chi connectivity index (χ0) is 15.6. The van der Waals surface area contributed by atoms with Crippen LogP contribution < -0.4 is 4.72 Å². The third-order valence-corrected chi connectivity index (χ3v) is 4.93. The molecule has 1 aliphatic rings. The van der Waals surface area contributed by atoms with Gasteiger partial charge in [-0.05, 0) is 31.4 Å². The van der Waals surface area contributed by atoms with Gasteiger partial charge in [0.15, 0.2) is 0 Å². The van der Waals surface area contributed by atoms with Gasteiger partial charge in [0.2, 0.25) is 10.0 Å². The zero-order valence-electron chi connectivity index (χ0n) is 10.8. The van der Waals surface area contributed by atoms with Crippen molar-refractivity contribution in [2.75, 3.05) is 4.72 Å². The van der Waals surface area contributed by atoms with Crippen LogP contribution in [0.15, 0.2) is 29.8 Å². The monoisotopic (exact) mass is 317 g/mol. The molecule has 0 saturated heterocycles. The number of rotatable bonds is 4. The largest absolute Gasteiger partial charge is 0.478 e. The molecule has 1 atom stereocenters. The predicted octanol–water partition coefficient (Wildman–Crippen LogP) is 2.27. The third kappa shape index (κ3) is 3.38. The molecule has 0 saturated carbocycles. The van der Waals surface area contributed by atoms with Crippen LogP contribution in [0.4, 0.5) is 14.5 Å². The van der Waals surface area contributed by atoms with Crippen molar-refractivity contribution in [2.45, 2.75) is 24.5 Å². The standard InChI is InChI=1S/C13H13F2NO4S/c14-8-5-6-10(15)11(7-8)16-21(19,20)12-4-2-1-3-9(12)13(17)18/h3,5-7,12,16H,1-2,4H2,(H,17,18). The number of anilines is 1. The molecule has 2 N–H and O–H groups in total. The minimum atomic E-state index is -4.18. The van der Waals surface area contributed by atoms with Gasteiger partial charge in [0.05, 0.1) is 11.3 Å². The number of hydrogen-bond donors (Lipinski definition) is 2. The summed E-state index contributed by atoms with van der Waals surface area (Å²) in [7, 11) is -4.18. The molecule has 21 heavy (non-hydrogen) atoms. The van der Waals surface area contributed by atoms with E-state index in [9.17, 15) is 22.0 Å². The van der Waals surface area contributed by atoms with Gasteiger partial charge in [0.1, 0.15) is 16.9 Å². The lowest BCUT2D eigenvalue weighted by Crippen LogP contribution is -2.34. The third-order valence-electron chi connectivity index (χ3n) is 3.18. The zero-order valence-corrected chi connectivity index (χ0v) is 11.7. The Bertz CT molecular complexity index is 700. The van der Waals surface area contributed by atoms with Crippen LogP contribution in [0.3, 0.4) is 0 Å². The highest BCUT2D eigenvalue weighted by Crippen LogP contribution is 2.27. The minimum absolute atomic E-state index is 0.115. The van der Waals surface area contributed by atoms with Crippen LogP contribution in [0.1, 0.15) is 19.3 Å². The number of carboxylic acid groups (broad SMARTS) is 1. The van der Waals surface area contributed by atoms with Crippen LogP contribution in [0.2, 0.25) is 0 Å². The Labute approximate surface area is 120 Å². The number of hydrogen-bond acceptors (Lipinski definition) is 3. The maximum atomic E-state index is 13.5. The molecule has 1 aliphatic carbocycles. The van der Waals surface area contributed by atoms with Crippen LogP contribution in [0.25, 0.3) is 0 Å². The molecular weight excluding hydrogens is 304 g/mol. The molecule has 0 radical (unpaired) electrons. The molecule has 0 aliphatic heterocycles. The van der Waals surface area contributed by atoms with E-state index < -0.39 is 38.6 Å². The van der Waals surface area contributed by atoms with Crippen LogP contribution in [0.5, 0.6) is 0 Å². The Morgan fingerprint density at radius 3 is 2.71 bits per heavy atom. The summed E-state index contributed by atoms with van der Waals surface area (Å²) in [6, 6.07) is 2.36. The fourth-order valence-electron chi connectivity index (χ4n) is 2.20. The number of benzene rings is 1. The minimum Gasteiger partial charge on any atom is -0.478 e. The van der Waals surface area contributed by atoms with Gasteiger partial charge in [-0.25, -0.2) is 22.0 Å². The van der Waals surface area contributed by atoms with E-state index >= 15 is 0 Å². The number of sulfonamides is 1. The van der Waals surface area contributed by atoms with Gasteiger partial charge in [0, 0.05) is 6.07 Å². The molecule has 8 heteroatoms. The normalized spacial score (nSPS) is 19.0. The van der Waals surface area contributed by atoms with Gasteiger partial charge in [-0.15, -0.1) is 0 Å². The van der Waals surface area contributed by atoms with Crippen molar-refractivity contribution in [1.82, 2.24) is 0 Å². The van der Waals surface area contributed by atoms with Crippen molar-refractivity contribution in [1.29, 1.82) is 0 Å². The lowest BCUT2D eigenvalue weighted by atomic mass is 9.99. The van der Waals surface area contributed by atoms with E-state index in [2.05, 4.69) is 0 Å². The molecule has 1 aromatic carbocycles. The van der Waals surface area contributed by atoms with E-state index in [1.807, 2.05) is 4.72 Å². The van der Waals surface area contributed by atoms with Crippen molar-refractivity contribution in [3.05, 3.63) is 41.5 Å². The summed E-state index contributed by atoms with van der Waals surface area (Å²) in [5.41, 5.74) is -0.782. The summed E-state index contributed by atoms with van der Waals surface area (Å²) < 4.78 is 53.0. The van der Waals surface area contributed by atoms with E-state index in [0.29, 0.717) is 18.9 Å². The number of nitrogens with one attached hydrogen (secondary N) is 1. The molecule has 0 amide bonds. The van der Waals surface area contributed by atoms with Gasteiger partial charge >= 0.3 is 5.97 Å². The topological polar surface area (TPSA) is 83.5 Å². The van der Waals surface area contributed by atoms with E-state index in [1.165, 1.54) is 6.08 Å². The van der Waals surface area contributed by atoms with Gasteiger partial charge in [0.25, 0.3) is 0 Å². The van der Waals surface area contributed by atoms with E-state index in [1.54, 1.807) is 0 Å². The van der Waals surface area contributed by atoms with Crippen LogP contribution in [-0.4, -0.2) is 24.7 Å². The molecule has 1 aromatic rings. The number of aliphatic carboxylic acids is 1. The lowest BCUT2D eigenvalue weighted by Gasteiger charge is -2.22. The average Bonchev–Trinajstić information content (AvgIpc) is 2.42. The quantitative estimate of drug-likeness (QED) is 0.892. The molecule has 0 bridgehead atoms. The van der Waals surface area contributed by atoms with E-state index in [-0.39, 0.29) is 12.0 Å². The maximum absolute atomic E-state index is 13.5. The van der Waals surface area contributed by atoms with Gasteiger partial charge in [-0.2, -0.15) is 0 Å². The van der Waals surface area contributed by atoms with Crippen LogP contribution >= 0.6 is 0 Å². The Hall–Kier alpha value is -1.96. The Kier molecular flexibility index (Phi) is 4.26. The second-order valence-corrected chi connectivity index (χ2v) is 6.52. The van der Waals surface area contributed by atoms with Gasteiger partial charge < -0.3 is 5.11 Å². The van der Waals surface area contributed by atoms with Crippen molar-refractivity contribution < 1.29 is 27.1 Å². The first kappa shape index (κ1) is 15.4. The van der Waals surface area contributed by atoms with Gasteiger partial charge in [-0.3, -0.25) is 4.72 Å². The highest BCUT2D eigenvalue weighted by molar-refractivity contribution is 7.93. The highest BCUT2D eigenvalue weighted by atomic mass is 32.2. The molecule has 0 aromatic heterocycles. The van der Waals surface area contributed by atoms with Crippen LogP contribution in [0, 0.1) is 11.6 Å². The first-order valence-corrected chi connectivity index (χ1v) is 7.76.